The van der Waals surface area contributed by atoms with Gasteiger partial charge in [0.2, 0.25) is 10.0 Å². The molecule has 0 aromatic carbocycles. The molecule has 1 unspecified atom stereocenters. The average molecular weight is 302 g/mol. The molecule has 6 heteroatoms. The first-order valence-electron chi connectivity index (χ1n) is 7.80. The summed E-state index contributed by atoms with van der Waals surface area (Å²) in [6.45, 7) is 7.72. The molecular formula is C14H26N2O3S. The second kappa shape index (κ2) is 5.23. The molecule has 20 heavy (non-hydrogen) atoms. The van der Waals surface area contributed by atoms with E-state index in [1.54, 1.807) is 18.2 Å². The predicted octanol–water partition coefficient (Wildman–Crippen LogP) is 1.05. The van der Waals surface area contributed by atoms with Crippen LogP contribution in [-0.2, 0) is 14.8 Å². The van der Waals surface area contributed by atoms with Gasteiger partial charge in [-0.3, -0.25) is 4.90 Å². The molecule has 0 aliphatic carbocycles. The van der Waals surface area contributed by atoms with E-state index in [9.17, 15) is 8.42 Å². The third kappa shape index (κ3) is 2.51. The molecule has 0 aromatic rings. The van der Waals surface area contributed by atoms with Crippen molar-refractivity contribution in [2.75, 3.05) is 32.8 Å². The van der Waals surface area contributed by atoms with Crippen molar-refractivity contribution in [2.45, 2.75) is 56.4 Å². The van der Waals surface area contributed by atoms with Crippen LogP contribution in [0.1, 0.15) is 39.5 Å². The van der Waals surface area contributed by atoms with E-state index in [1.165, 1.54) is 32.4 Å². The Balaban J connectivity index is 1.56. The molecular weight excluding hydrogens is 276 g/mol. The van der Waals surface area contributed by atoms with Gasteiger partial charge in [0.1, 0.15) is 0 Å². The second-order valence-electron chi connectivity index (χ2n) is 6.81. The van der Waals surface area contributed by atoms with Crippen LogP contribution < -0.4 is 0 Å². The monoisotopic (exact) mass is 302 g/mol. The number of rotatable bonds is 3. The van der Waals surface area contributed by atoms with Crippen LogP contribution in [0.5, 0.6) is 0 Å². The van der Waals surface area contributed by atoms with E-state index in [2.05, 4.69) is 4.90 Å². The van der Waals surface area contributed by atoms with E-state index in [1.807, 2.05) is 0 Å². The van der Waals surface area contributed by atoms with Gasteiger partial charge in [0.05, 0.1) is 17.5 Å². The molecule has 3 aliphatic heterocycles. The Bertz CT molecular complexity index is 451. The Labute approximate surface area is 122 Å². The van der Waals surface area contributed by atoms with Gasteiger partial charge in [-0.1, -0.05) is 6.42 Å². The lowest BCUT2D eigenvalue weighted by Crippen LogP contribution is -2.64. The van der Waals surface area contributed by atoms with Crippen molar-refractivity contribution in [3.63, 3.8) is 0 Å². The molecule has 1 spiro atoms. The highest BCUT2D eigenvalue weighted by Gasteiger charge is 2.54. The highest BCUT2D eigenvalue weighted by Crippen LogP contribution is 2.39. The molecule has 3 heterocycles. The Morgan fingerprint density at radius 1 is 1.15 bits per heavy atom. The highest BCUT2D eigenvalue weighted by atomic mass is 32.2. The molecule has 3 rings (SSSR count). The van der Waals surface area contributed by atoms with Gasteiger partial charge in [0.15, 0.2) is 0 Å². The number of nitrogens with zero attached hydrogens (tertiary/aromatic N) is 2. The topological polar surface area (TPSA) is 49.9 Å². The number of hydrogen-bond donors (Lipinski definition) is 0. The summed E-state index contributed by atoms with van der Waals surface area (Å²) in [7, 11) is -3.11. The predicted molar refractivity (Wildman–Crippen MR) is 78.1 cm³/mol. The van der Waals surface area contributed by atoms with Gasteiger partial charge in [0, 0.05) is 19.1 Å². The Morgan fingerprint density at radius 3 is 2.40 bits per heavy atom. The summed E-state index contributed by atoms with van der Waals surface area (Å²) in [5, 5.41) is -0.334. The third-order valence-electron chi connectivity index (χ3n) is 4.98. The minimum absolute atomic E-state index is 0.190. The summed E-state index contributed by atoms with van der Waals surface area (Å²) >= 11 is 0. The van der Waals surface area contributed by atoms with Gasteiger partial charge in [-0.15, -0.1) is 0 Å². The fraction of sp³-hybridized carbons (Fsp3) is 1.00. The summed E-state index contributed by atoms with van der Waals surface area (Å²) in [5.74, 6) is 0. The zero-order valence-electron chi connectivity index (χ0n) is 12.5. The van der Waals surface area contributed by atoms with Crippen LogP contribution in [0.3, 0.4) is 0 Å². The molecule has 3 saturated heterocycles. The van der Waals surface area contributed by atoms with Gasteiger partial charge in [-0.05, 0) is 46.2 Å². The zero-order valence-corrected chi connectivity index (χ0v) is 13.4. The van der Waals surface area contributed by atoms with Gasteiger partial charge >= 0.3 is 0 Å². The Hall–Kier alpha value is -0.170. The van der Waals surface area contributed by atoms with Crippen LogP contribution in [0.25, 0.3) is 0 Å². The van der Waals surface area contributed by atoms with E-state index < -0.39 is 10.0 Å². The SMILES string of the molecule is CC(C)S(=O)(=O)N1CC2(CC(N3CCCCC3)CO2)C1. The van der Waals surface area contributed by atoms with E-state index in [0.29, 0.717) is 19.1 Å². The summed E-state index contributed by atoms with van der Waals surface area (Å²) in [5.41, 5.74) is -0.190. The van der Waals surface area contributed by atoms with E-state index >= 15 is 0 Å². The lowest BCUT2D eigenvalue weighted by molar-refractivity contribution is -0.0776. The van der Waals surface area contributed by atoms with Crippen molar-refractivity contribution in [3.8, 4) is 0 Å². The lowest BCUT2D eigenvalue weighted by atomic mass is 9.91. The van der Waals surface area contributed by atoms with Crippen LogP contribution in [0.2, 0.25) is 0 Å². The van der Waals surface area contributed by atoms with Crippen LogP contribution in [0, 0.1) is 0 Å². The van der Waals surface area contributed by atoms with E-state index in [-0.39, 0.29) is 10.9 Å². The van der Waals surface area contributed by atoms with Crippen molar-refractivity contribution in [1.82, 2.24) is 9.21 Å². The van der Waals surface area contributed by atoms with E-state index in [0.717, 1.165) is 13.0 Å². The molecule has 0 saturated carbocycles. The summed E-state index contributed by atoms with van der Waals surface area (Å²) in [6, 6.07) is 0.499. The second-order valence-corrected chi connectivity index (χ2v) is 9.30. The molecule has 1 atom stereocenters. The minimum Gasteiger partial charge on any atom is -0.371 e. The standard InChI is InChI=1S/C14H26N2O3S/c1-12(2)20(17,18)16-10-14(11-16)8-13(9-19-14)15-6-4-3-5-7-15/h12-13H,3-11H2,1-2H3. The minimum atomic E-state index is -3.11. The summed E-state index contributed by atoms with van der Waals surface area (Å²) < 4.78 is 31.8. The van der Waals surface area contributed by atoms with Gasteiger partial charge in [-0.25, -0.2) is 8.42 Å². The maximum absolute atomic E-state index is 12.1. The maximum Gasteiger partial charge on any atom is 0.216 e. The smallest absolute Gasteiger partial charge is 0.216 e. The zero-order chi connectivity index (χ0) is 14.4. The molecule has 0 N–H and O–H groups in total. The van der Waals surface area contributed by atoms with Gasteiger partial charge in [-0.2, -0.15) is 4.31 Å². The number of piperidine rings is 1. The van der Waals surface area contributed by atoms with Crippen molar-refractivity contribution in [3.05, 3.63) is 0 Å². The Kier molecular flexibility index (Phi) is 3.86. The first-order chi connectivity index (χ1) is 9.43. The number of likely N-dealkylation sites (tertiary alicyclic amines) is 1. The number of ether oxygens (including phenoxy) is 1. The fourth-order valence-corrected chi connectivity index (χ4v) is 5.06. The van der Waals surface area contributed by atoms with Crippen LogP contribution >= 0.6 is 0 Å². The fourth-order valence-electron chi connectivity index (χ4n) is 3.63. The van der Waals surface area contributed by atoms with Gasteiger partial charge < -0.3 is 4.74 Å². The molecule has 0 radical (unpaired) electrons. The third-order valence-corrected chi connectivity index (χ3v) is 7.15. The van der Waals surface area contributed by atoms with Crippen molar-refractivity contribution in [1.29, 1.82) is 0 Å². The normalized spacial score (nSPS) is 31.9. The van der Waals surface area contributed by atoms with Gasteiger partial charge in [0.25, 0.3) is 0 Å². The van der Waals surface area contributed by atoms with Crippen LogP contribution in [0.4, 0.5) is 0 Å². The molecule has 0 bridgehead atoms. The first kappa shape index (κ1) is 14.8. The quantitative estimate of drug-likeness (QED) is 0.782. The average Bonchev–Trinajstić information content (AvgIpc) is 2.83. The molecule has 3 aliphatic rings. The van der Waals surface area contributed by atoms with Crippen molar-refractivity contribution >= 4 is 10.0 Å². The summed E-state index contributed by atoms with van der Waals surface area (Å²) in [6.07, 6.45) is 4.92. The van der Waals surface area contributed by atoms with Crippen molar-refractivity contribution < 1.29 is 13.2 Å². The molecule has 0 amide bonds. The Morgan fingerprint density at radius 2 is 1.80 bits per heavy atom. The maximum atomic E-state index is 12.1. The largest absolute Gasteiger partial charge is 0.371 e. The van der Waals surface area contributed by atoms with Crippen LogP contribution in [-0.4, -0.2) is 67.3 Å². The van der Waals surface area contributed by atoms with Crippen molar-refractivity contribution in [2.24, 2.45) is 0 Å². The molecule has 0 aromatic heterocycles. The lowest BCUT2D eigenvalue weighted by Gasteiger charge is -2.47. The highest BCUT2D eigenvalue weighted by molar-refractivity contribution is 7.89. The van der Waals surface area contributed by atoms with Crippen LogP contribution in [0.15, 0.2) is 0 Å². The molecule has 5 nitrogen and oxygen atoms in total. The number of sulfonamides is 1. The molecule has 3 fully saturated rings. The first-order valence-corrected chi connectivity index (χ1v) is 9.30. The van der Waals surface area contributed by atoms with E-state index in [4.69, 9.17) is 4.74 Å². The molecule has 116 valence electrons. The number of hydrogen-bond acceptors (Lipinski definition) is 4. The summed E-state index contributed by atoms with van der Waals surface area (Å²) in [4.78, 5) is 2.54.